The van der Waals surface area contributed by atoms with Crippen LogP contribution in [0.15, 0.2) is 18.5 Å². The third-order valence-corrected chi connectivity index (χ3v) is 1.39. The van der Waals surface area contributed by atoms with Gasteiger partial charge in [0.25, 0.3) is 5.91 Å². The predicted molar refractivity (Wildman–Crippen MR) is 46.8 cm³/mol. The van der Waals surface area contributed by atoms with Gasteiger partial charge in [0.2, 0.25) is 0 Å². The van der Waals surface area contributed by atoms with Gasteiger partial charge in [-0.05, 0) is 19.9 Å². The molecule has 0 aromatic carbocycles. The van der Waals surface area contributed by atoms with E-state index in [-0.39, 0.29) is 17.5 Å². The van der Waals surface area contributed by atoms with E-state index in [0.717, 1.165) is 12.3 Å². The van der Waals surface area contributed by atoms with Crippen LogP contribution in [0, 0.1) is 5.82 Å². The fourth-order valence-electron chi connectivity index (χ4n) is 0.882. The molecule has 0 aliphatic heterocycles. The van der Waals surface area contributed by atoms with Gasteiger partial charge in [0.1, 0.15) is 5.82 Å². The molecular formula is C9H11FN2O. The van der Waals surface area contributed by atoms with Crippen molar-refractivity contribution in [1.82, 2.24) is 10.3 Å². The maximum absolute atomic E-state index is 12.6. The SMILES string of the molecule is CC(C)NC(=O)c1cncc(F)c1. The van der Waals surface area contributed by atoms with Gasteiger partial charge in [-0.25, -0.2) is 4.39 Å². The van der Waals surface area contributed by atoms with Gasteiger partial charge in [-0.2, -0.15) is 0 Å². The molecule has 13 heavy (non-hydrogen) atoms. The Bertz CT molecular complexity index is 312. The van der Waals surface area contributed by atoms with Gasteiger partial charge in [-0.3, -0.25) is 9.78 Å². The number of aromatic nitrogens is 1. The van der Waals surface area contributed by atoms with Crippen molar-refractivity contribution in [3.8, 4) is 0 Å². The standard InChI is InChI=1S/C9H11FN2O/c1-6(2)12-9(13)7-3-8(10)5-11-4-7/h3-6H,1-2H3,(H,12,13). The van der Waals surface area contributed by atoms with E-state index in [1.165, 1.54) is 6.20 Å². The Kier molecular flexibility index (Phi) is 2.95. The number of amides is 1. The van der Waals surface area contributed by atoms with Crippen molar-refractivity contribution in [3.63, 3.8) is 0 Å². The summed E-state index contributed by atoms with van der Waals surface area (Å²) in [6.07, 6.45) is 2.40. The van der Waals surface area contributed by atoms with Crippen LogP contribution >= 0.6 is 0 Å². The van der Waals surface area contributed by atoms with Crippen LogP contribution in [-0.4, -0.2) is 16.9 Å². The number of rotatable bonds is 2. The summed E-state index contributed by atoms with van der Waals surface area (Å²) >= 11 is 0. The van der Waals surface area contributed by atoms with Crippen molar-refractivity contribution in [2.24, 2.45) is 0 Å². The fraction of sp³-hybridized carbons (Fsp3) is 0.333. The van der Waals surface area contributed by atoms with Crippen LogP contribution in [-0.2, 0) is 0 Å². The number of pyridine rings is 1. The predicted octanol–water partition coefficient (Wildman–Crippen LogP) is 1.36. The highest BCUT2D eigenvalue weighted by Gasteiger charge is 2.07. The molecular weight excluding hydrogens is 171 g/mol. The first-order valence-electron chi connectivity index (χ1n) is 4.01. The number of carbonyl (C=O) groups excluding carboxylic acids is 1. The van der Waals surface area contributed by atoms with Crippen molar-refractivity contribution in [1.29, 1.82) is 0 Å². The average molecular weight is 182 g/mol. The molecule has 0 bridgehead atoms. The maximum atomic E-state index is 12.6. The molecule has 1 aromatic heterocycles. The van der Waals surface area contributed by atoms with Gasteiger partial charge >= 0.3 is 0 Å². The highest BCUT2D eigenvalue weighted by molar-refractivity contribution is 5.93. The van der Waals surface area contributed by atoms with Crippen molar-refractivity contribution in [2.75, 3.05) is 0 Å². The first-order chi connectivity index (χ1) is 6.09. The molecule has 1 rings (SSSR count). The van der Waals surface area contributed by atoms with Gasteiger partial charge in [0.05, 0.1) is 11.8 Å². The maximum Gasteiger partial charge on any atom is 0.253 e. The molecule has 1 heterocycles. The Morgan fingerprint density at radius 2 is 2.23 bits per heavy atom. The summed E-state index contributed by atoms with van der Waals surface area (Å²) in [6, 6.07) is 1.20. The Morgan fingerprint density at radius 3 is 2.77 bits per heavy atom. The first-order valence-corrected chi connectivity index (χ1v) is 4.01. The second-order valence-electron chi connectivity index (χ2n) is 3.02. The third kappa shape index (κ3) is 2.82. The van der Waals surface area contributed by atoms with E-state index in [1.807, 2.05) is 13.8 Å². The Labute approximate surface area is 76.0 Å². The largest absolute Gasteiger partial charge is 0.350 e. The smallest absolute Gasteiger partial charge is 0.253 e. The minimum Gasteiger partial charge on any atom is -0.350 e. The lowest BCUT2D eigenvalue weighted by Gasteiger charge is -2.07. The highest BCUT2D eigenvalue weighted by atomic mass is 19.1. The molecule has 1 amide bonds. The number of nitrogens with one attached hydrogen (secondary N) is 1. The van der Waals surface area contributed by atoms with Gasteiger partial charge in [-0.15, -0.1) is 0 Å². The van der Waals surface area contributed by atoms with Gasteiger partial charge in [-0.1, -0.05) is 0 Å². The Morgan fingerprint density at radius 1 is 1.54 bits per heavy atom. The van der Waals surface area contributed by atoms with Crippen molar-refractivity contribution < 1.29 is 9.18 Å². The van der Waals surface area contributed by atoms with E-state index >= 15 is 0 Å². The summed E-state index contributed by atoms with van der Waals surface area (Å²) in [6.45, 7) is 3.68. The molecule has 4 heteroatoms. The molecule has 1 N–H and O–H groups in total. The van der Waals surface area contributed by atoms with Crippen LogP contribution in [0.3, 0.4) is 0 Å². The molecule has 3 nitrogen and oxygen atoms in total. The van der Waals surface area contributed by atoms with Crippen LogP contribution < -0.4 is 5.32 Å². The van der Waals surface area contributed by atoms with Crippen LogP contribution in [0.4, 0.5) is 4.39 Å². The minimum absolute atomic E-state index is 0.0377. The summed E-state index contributed by atoms with van der Waals surface area (Å²) < 4.78 is 12.6. The summed E-state index contributed by atoms with van der Waals surface area (Å²) in [7, 11) is 0. The molecule has 1 aromatic rings. The molecule has 0 aliphatic rings. The lowest BCUT2D eigenvalue weighted by Crippen LogP contribution is -2.30. The highest BCUT2D eigenvalue weighted by Crippen LogP contribution is 2.00. The third-order valence-electron chi connectivity index (χ3n) is 1.39. The Balaban J connectivity index is 2.77. The molecule has 0 aliphatic carbocycles. The van der Waals surface area contributed by atoms with Crippen LogP contribution in [0.5, 0.6) is 0 Å². The molecule has 0 fully saturated rings. The number of carbonyl (C=O) groups is 1. The summed E-state index contributed by atoms with van der Waals surface area (Å²) in [4.78, 5) is 14.9. The van der Waals surface area contributed by atoms with Crippen molar-refractivity contribution >= 4 is 5.91 Å². The average Bonchev–Trinajstić information content (AvgIpc) is 2.03. The van der Waals surface area contributed by atoms with Crippen LogP contribution in [0.2, 0.25) is 0 Å². The number of hydrogen-bond acceptors (Lipinski definition) is 2. The van der Waals surface area contributed by atoms with E-state index in [2.05, 4.69) is 10.3 Å². The summed E-state index contributed by atoms with van der Waals surface area (Å²) in [5, 5.41) is 2.64. The molecule has 0 saturated heterocycles. The second-order valence-corrected chi connectivity index (χ2v) is 3.02. The molecule has 0 atom stereocenters. The fourth-order valence-corrected chi connectivity index (χ4v) is 0.882. The van der Waals surface area contributed by atoms with Gasteiger partial charge < -0.3 is 5.32 Å². The van der Waals surface area contributed by atoms with E-state index < -0.39 is 5.82 Å². The zero-order chi connectivity index (χ0) is 9.84. The quantitative estimate of drug-likeness (QED) is 0.750. The number of halogens is 1. The zero-order valence-corrected chi connectivity index (χ0v) is 7.54. The topological polar surface area (TPSA) is 42.0 Å². The van der Waals surface area contributed by atoms with E-state index in [4.69, 9.17) is 0 Å². The number of nitrogens with zero attached hydrogens (tertiary/aromatic N) is 1. The molecule has 0 saturated carbocycles. The lowest BCUT2D eigenvalue weighted by molar-refractivity contribution is 0.0942. The first kappa shape index (κ1) is 9.64. The Hall–Kier alpha value is -1.45. The molecule has 70 valence electrons. The van der Waals surface area contributed by atoms with Gasteiger partial charge in [0, 0.05) is 12.2 Å². The normalized spacial score (nSPS) is 10.2. The van der Waals surface area contributed by atoms with Crippen LogP contribution in [0.1, 0.15) is 24.2 Å². The van der Waals surface area contributed by atoms with Crippen molar-refractivity contribution in [2.45, 2.75) is 19.9 Å². The molecule has 0 radical (unpaired) electrons. The summed E-state index contributed by atoms with van der Waals surface area (Å²) in [5.74, 6) is -0.807. The molecule has 0 unspecified atom stereocenters. The van der Waals surface area contributed by atoms with E-state index in [0.29, 0.717) is 0 Å². The molecule has 0 spiro atoms. The van der Waals surface area contributed by atoms with Crippen molar-refractivity contribution in [3.05, 3.63) is 29.8 Å². The lowest BCUT2D eigenvalue weighted by atomic mass is 10.2. The monoisotopic (exact) mass is 182 g/mol. The van der Waals surface area contributed by atoms with E-state index in [1.54, 1.807) is 0 Å². The second kappa shape index (κ2) is 3.98. The minimum atomic E-state index is -0.503. The zero-order valence-electron chi connectivity index (χ0n) is 7.54. The summed E-state index contributed by atoms with van der Waals surface area (Å²) in [5.41, 5.74) is 0.244. The van der Waals surface area contributed by atoms with E-state index in [9.17, 15) is 9.18 Å². The van der Waals surface area contributed by atoms with Crippen LogP contribution in [0.25, 0.3) is 0 Å². The number of hydrogen-bond donors (Lipinski definition) is 1. The van der Waals surface area contributed by atoms with Gasteiger partial charge in [0.15, 0.2) is 0 Å².